The van der Waals surface area contributed by atoms with Gasteiger partial charge in [-0.05, 0) is 43.9 Å². The largest absolute Gasteiger partial charge is 0.349 e. The summed E-state index contributed by atoms with van der Waals surface area (Å²) in [6, 6.07) is 4.14. The summed E-state index contributed by atoms with van der Waals surface area (Å²) in [6.07, 6.45) is 3.45. The van der Waals surface area contributed by atoms with Crippen LogP contribution in [0.5, 0.6) is 0 Å². The van der Waals surface area contributed by atoms with E-state index in [1.807, 2.05) is 0 Å². The molecular formula is C13H14Cl2FNO. The minimum absolute atomic E-state index is 0.0346. The van der Waals surface area contributed by atoms with Gasteiger partial charge in [0.05, 0.1) is 5.56 Å². The van der Waals surface area contributed by atoms with Crippen LogP contribution >= 0.6 is 23.2 Å². The third kappa shape index (κ3) is 3.36. The van der Waals surface area contributed by atoms with E-state index in [-0.39, 0.29) is 27.9 Å². The molecule has 1 N–H and O–H groups in total. The maximum absolute atomic E-state index is 13.6. The molecule has 2 rings (SSSR count). The Balaban J connectivity index is 1.99. The first-order valence-electron chi connectivity index (χ1n) is 5.96. The fourth-order valence-corrected chi connectivity index (χ4v) is 2.54. The van der Waals surface area contributed by atoms with Crippen molar-refractivity contribution >= 4 is 29.1 Å². The van der Waals surface area contributed by atoms with Crippen LogP contribution in [-0.2, 0) is 0 Å². The summed E-state index contributed by atoms with van der Waals surface area (Å²) in [5.41, 5.74) is 0.0346. The number of carbonyl (C=O) groups is 1. The van der Waals surface area contributed by atoms with E-state index in [2.05, 4.69) is 5.32 Å². The monoisotopic (exact) mass is 289 g/mol. The molecule has 0 unspecified atom stereocenters. The highest BCUT2D eigenvalue weighted by Gasteiger charge is 2.22. The highest BCUT2D eigenvalue weighted by Crippen LogP contribution is 2.23. The summed E-state index contributed by atoms with van der Waals surface area (Å²) in [4.78, 5) is 11.9. The normalized spacial score (nSPS) is 23.7. The number of halogens is 3. The first-order chi connectivity index (χ1) is 8.56. The number of alkyl halides is 1. The van der Waals surface area contributed by atoms with E-state index in [0.29, 0.717) is 0 Å². The van der Waals surface area contributed by atoms with Crippen molar-refractivity contribution < 1.29 is 9.18 Å². The van der Waals surface area contributed by atoms with E-state index in [1.54, 1.807) is 0 Å². The first kappa shape index (κ1) is 13.6. The second-order valence-corrected chi connectivity index (χ2v) is 5.60. The fraction of sp³-hybridized carbons (Fsp3) is 0.462. The predicted octanol–water partition coefficient (Wildman–Crippen LogP) is 3.76. The Bertz CT molecular complexity index is 445. The lowest BCUT2D eigenvalue weighted by Gasteiger charge is -2.25. The number of carbonyl (C=O) groups excluding carboxylic acids is 1. The molecule has 1 aromatic carbocycles. The summed E-state index contributed by atoms with van der Waals surface area (Å²) in [7, 11) is 0. The molecule has 1 aromatic rings. The molecule has 2 nitrogen and oxygen atoms in total. The summed E-state index contributed by atoms with van der Waals surface area (Å²) in [5.74, 6) is -0.979. The molecule has 1 aliphatic carbocycles. The minimum atomic E-state index is -0.592. The van der Waals surface area contributed by atoms with Crippen molar-refractivity contribution in [3.8, 4) is 0 Å². The summed E-state index contributed by atoms with van der Waals surface area (Å²) in [6.45, 7) is 0. The van der Waals surface area contributed by atoms with Gasteiger partial charge in [-0.3, -0.25) is 4.79 Å². The molecule has 0 saturated heterocycles. The lowest BCUT2D eigenvalue weighted by molar-refractivity contribution is 0.0924. The molecule has 0 heterocycles. The smallest absolute Gasteiger partial charge is 0.254 e. The van der Waals surface area contributed by atoms with Crippen LogP contribution in [0.3, 0.4) is 0 Å². The zero-order chi connectivity index (χ0) is 13.1. The van der Waals surface area contributed by atoms with E-state index in [0.717, 1.165) is 31.7 Å². The van der Waals surface area contributed by atoms with E-state index in [1.165, 1.54) is 12.1 Å². The van der Waals surface area contributed by atoms with Gasteiger partial charge in [0.2, 0.25) is 0 Å². The first-order valence-corrected chi connectivity index (χ1v) is 6.77. The van der Waals surface area contributed by atoms with Gasteiger partial charge in [-0.1, -0.05) is 11.6 Å². The average Bonchev–Trinajstić information content (AvgIpc) is 2.32. The fourth-order valence-electron chi connectivity index (χ4n) is 2.13. The van der Waals surface area contributed by atoms with Crippen LogP contribution in [0.4, 0.5) is 4.39 Å². The Morgan fingerprint density at radius 3 is 2.56 bits per heavy atom. The van der Waals surface area contributed by atoms with E-state index in [4.69, 9.17) is 23.2 Å². The van der Waals surface area contributed by atoms with Crippen molar-refractivity contribution in [3.63, 3.8) is 0 Å². The van der Waals surface area contributed by atoms with Crippen LogP contribution in [0.2, 0.25) is 5.02 Å². The Hall–Kier alpha value is -0.800. The van der Waals surface area contributed by atoms with E-state index >= 15 is 0 Å². The van der Waals surface area contributed by atoms with Gasteiger partial charge < -0.3 is 5.32 Å². The van der Waals surface area contributed by atoms with Crippen molar-refractivity contribution in [1.82, 2.24) is 5.32 Å². The molecule has 0 radical (unpaired) electrons. The summed E-state index contributed by atoms with van der Waals surface area (Å²) in [5, 5.41) is 3.32. The Morgan fingerprint density at radius 2 is 1.94 bits per heavy atom. The lowest BCUT2D eigenvalue weighted by Crippen LogP contribution is -2.38. The molecule has 0 atom stereocenters. The number of hydrogen-bond acceptors (Lipinski definition) is 1. The highest BCUT2D eigenvalue weighted by molar-refractivity contribution is 6.30. The Kier molecular flexibility index (Phi) is 4.46. The van der Waals surface area contributed by atoms with Crippen molar-refractivity contribution in [1.29, 1.82) is 0 Å². The number of hydrogen-bond donors (Lipinski definition) is 1. The summed E-state index contributed by atoms with van der Waals surface area (Å²) < 4.78 is 13.6. The molecule has 1 amide bonds. The SMILES string of the molecule is O=C(NC1CCC(Cl)CC1)c1ccc(Cl)cc1F. The van der Waals surface area contributed by atoms with Gasteiger partial charge in [-0.2, -0.15) is 0 Å². The van der Waals surface area contributed by atoms with Crippen LogP contribution in [0.1, 0.15) is 36.0 Å². The van der Waals surface area contributed by atoms with Gasteiger partial charge in [0.1, 0.15) is 5.82 Å². The molecule has 98 valence electrons. The number of rotatable bonds is 2. The average molecular weight is 290 g/mol. The molecule has 1 saturated carbocycles. The third-order valence-electron chi connectivity index (χ3n) is 3.17. The molecule has 5 heteroatoms. The summed E-state index contributed by atoms with van der Waals surface area (Å²) >= 11 is 11.6. The van der Waals surface area contributed by atoms with Crippen molar-refractivity contribution in [2.75, 3.05) is 0 Å². The second-order valence-electron chi connectivity index (χ2n) is 4.55. The number of nitrogens with one attached hydrogen (secondary N) is 1. The standard InChI is InChI=1S/C13H14Cl2FNO/c14-8-1-4-10(5-2-8)17-13(18)11-6-3-9(15)7-12(11)16/h3,6-8,10H,1-2,4-5H2,(H,17,18). The molecule has 1 fully saturated rings. The third-order valence-corrected chi connectivity index (χ3v) is 3.84. The van der Waals surface area contributed by atoms with Gasteiger partial charge >= 0.3 is 0 Å². The lowest BCUT2D eigenvalue weighted by atomic mass is 9.95. The van der Waals surface area contributed by atoms with Gasteiger partial charge in [0, 0.05) is 16.4 Å². The van der Waals surface area contributed by atoms with Gasteiger partial charge in [0.25, 0.3) is 5.91 Å². The zero-order valence-electron chi connectivity index (χ0n) is 9.76. The van der Waals surface area contributed by atoms with E-state index < -0.39 is 5.82 Å². The maximum atomic E-state index is 13.6. The Morgan fingerprint density at radius 1 is 1.28 bits per heavy atom. The van der Waals surface area contributed by atoms with Gasteiger partial charge in [0.15, 0.2) is 0 Å². The van der Waals surface area contributed by atoms with Crippen LogP contribution in [0, 0.1) is 5.82 Å². The second kappa shape index (κ2) is 5.89. The molecule has 0 aliphatic heterocycles. The zero-order valence-corrected chi connectivity index (χ0v) is 11.3. The minimum Gasteiger partial charge on any atom is -0.349 e. The molecule has 0 spiro atoms. The molecule has 18 heavy (non-hydrogen) atoms. The van der Waals surface area contributed by atoms with Crippen LogP contribution < -0.4 is 5.32 Å². The van der Waals surface area contributed by atoms with Crippen LogP contribution in [-0.4, -0.2) is 17.3 Å². The topological polar surface area (TPSA) is 29.1 Å². The number of amides is 1. The molecular weight excluding hydrogens is 276 g/mol. The molecule has 0 bridgehead atoms. The Labute approximate surface area is 115 Å². The van der Waals surface area contributed by atoms with Crippen molar-refractivity contribution in [2.45, 2.75) is 37.1 Å². The van der Waals surface area contributed by atoms with E-state index in [9.17, 15) is 9.18 Å². The van der Waals surface area contributed by atoms with Gasteiger partial charge in [-0.25, -0.2) is 4.39 Å². The number of benzene rings is 1. The van der Waals surface area contributed by atoms with Gasteiger partial charge in [-0.15, -0.1) is 11.6 Å². The van der Waals surface area contributed by atoms with Crippen molar-refractivity contribution in [2.24, 2.45) is 0 Å². The predicted molar refractivity (Wildman–Crippen MR) is 70.8 cm³/mol. The van der Waals surface area contributed by atoms with Crippen LogP contribution in [0.15, 0.2) is 18.2 Å². The van der Waals surface area contributed by atoms with Crippen molar-refractivity contribution in [3.05, 3.63) is 34.6 Å². The molecule has 0 aromatic heterocycles. The molecule has 1 aliphatic rings. The van der Waals surface area contributed by atoms with Crippen LogP contribution in [0.25, 0.3) is 0 Å². The highest BCUT2D eigenvalue weighted by atomic mass is 35.5. The maximum Gasteiger partial charge on any atom is 0.254 e. The quantitative estimate of drug-likeness (QED) is 0.826.